The number of carbonyl (C=O) groups is 1. The van der Waals surface area contributed by atoms with Crippen LogP contribution in [-0.2, 0) is 0 Å². The SMILES string of the molecule is O=C(c1ccccc1)c1ccco1. The molecule has 1 heterocycles. The number of rotatable bonds is 2. The number of ketones is 1. The van der Waals surface area contributed by atoms with Crippen molar-refractivity contribution in [3.05, 3.63) is 60.1 Å². The Morgan fingerprint density at radius 2 is 1.77 bits per heavy atom. The first-order valence-electron chi connectivity index (χ1n) is 4.01. The van der Waals surface area contributed by atoms with Crippen LogP contribution >= 0.6 is 0 Å². The standard InChI is InChI=1S/C11H8O2/c12-11(10-7-4-8-13-10)9-5-2-1-3-6-9/h1-8H. The van der Waals surface area contributed by atoms with Crippen molar-refractivity contribution in [1.29, 1.82) is 0 Å². The lowest BCUT2D eigenvalue weighted by Gasteiger charge is -1.95. The Morgan fingerprint density at radius 3 is 2.38 bits per heavy atom. The van der Waals surface area contributed by atoms with Crippen LogP contribution in [0, 0.1) is 0 Å². The molecule has 2 heteroatoms. The van der Waals surface area contributed by atoms with Gasteiger partial charge in [0, 0.05) is 5.56 Å². The zero-order chi connectivity index (χ0) is 9.10. The molecule has 13 heavy (non-hydrogen) atoms. The zero-order valence-electron chi connectivity index (χ0n) is 6.94. The Kier molecular flexibility index (Phi) is 1.96. The lowest BCUT2D eigenvalue weighted by molar-refractivity contribution is 0.101. The molecule has 0 spiro atoms. The number of carbonyl (C=O) groups excluding carboxylic acids is 1. The summed E-state index contributed by atoms with van der Waals surface area (Å²) in [5.41, 5.74) is 0.650. The van der Waals surface area contributed by atoms with E-state index in [1.807, 2.05) is 18.2 Å². The van der Waals surface area contributed by atoms with Crippen molar-refractivity contribution in [3.8, 4) is 0 Å². The number of benzene rings is 1. The van der Waals surface area contributed by atoms with Crippen molar-refractivity contribution in [1.82, 2.24) is 0 Å². The molecule has 0 aliphatic heterocycles. The van der Waals surface area contributed by atoms with Gasteiger partial charge in [-0.3, -0.25) is 4.79 Å². The highest BCUT2D eigenvalue weighted by molar-refractivity contribution is 6.06. The molecule has 0 aliphatic rings. The summed E-state index contributed by atoms with van der Waals surface area (Å²) in [4.78, 5) is 11.6. The first-order valence-corrected chi connectivity index (χ1v) is 4.01. The molecule has 0 amide bonds. The Hall–Kier alpha value is -1.83. The fourth-order valence-corrected chi connectivity index (χ4v) is 1.14. The van der Waals surface area contributed by atoms with Crippen LogP contribution in [0.15, 0.2) is 53.1 Å². The quantitative estimate of drug-likeness (QED) is 0.651. The molecule has 0 bridgehead atoms. The van der Waals surface area contributed by atoms with Crippen molar-refractivity contribution in [2.45, 2.75) is 0 Å². The van der Waals surface area contributed by atoms with Crippen LogP contribution in [0.25, 0.3) is 0 Å². The second-order valence-electron chi connectivity index (χ2n) is 2.67. The average molecular weight is 172 g/mol. The fourth-order valence-electron chi connectivity index (χ4n) is 1.14. The molecule has 2 nitrogen and oxygen atoms in total. The maximum absolute atomic E-state index is 11.6. The number of hydrogen-bond acceptors (Lipinski definition) is 2. The minimum Gasteiger partial charge on any atom is -0.461 e. The van der Waals surface area contributed by atoms with E-state index in [2.05, 4.69) is 0 Å². The summed E-state index contributed by atoms with van der Waals surface area (Å²) in [6.45, 7) is 0. The fraction of sp³-hybridized carbons (Fsp3) is 0. The van der Waals surface area contributed by atoms with E-state index >= 15 is 0 Å². The Morgan fingerprint density at radius 1 is 1.00 bits per heavy atom. The van der Waals surface area contributed by atoms with Crippen molar-refractivity contribution in [3.63, 3.8) is 0 Å². The molecule has 64 valence electrons. The molecule has 1 aromatic heterocycles. The van der Waals surface area contributed by atoms with E-state index in [0.717, 1.165) is 0 Å². The Balaban J connectivity index is 2.34. The summed E-state index contributed by atoms with van der Waals surface area (Å²) >= 11 is 0. The topological polar surface area (TPSA) is 30.2 Å². The minimum atomic E-state index is -0.0781. The summed E-state index contributed by atoms with van der Waals surface area (Å²) in [6.07, 6.45) is 1.50. The van der Waals surface area contributed by atoms with E-state index in [0.29, 0.717) is 11.3 Å². The third kappa shape index (κ3) is 1.51. The van der Waals surface area contributed by atoms with Gasteiger partial charge in [-0.15, -0.1) is 0 Å². The van der Waals surface area contributed by atoms with E-state index in [-0.39, 0.29) is 5.78 Å². The van der Waals surface area contributed by atoms with Gasteiger partial charge < -0.3 is 4.42 Å². The highest BCUT2D eigenvalue weighted by atomic mass is 16.3. The molecule has 0 saturated carbocycles. The highest BCUT2D eigenvalue weighted by Crippen LogP contribution is 2.09. The molecular weight excluding hydrogens is 164 g/mol. The summed E-state index contributed by atoms with van der Waals surface area (Å²) in [5, 5.41) is 0. The number of hydrogen-bond donors (Lipinski definition) is 0. The molecule has 0 N–H and O–H groups in total. The Bertz CT molecular complexity index is 387. The van der Waals surface area contributed by atoms with Crippen molar-refractivity contribution < 1.29 is 9.21 Å². The maximum Gasteiger partial charge on any atom is 0.228 e. The maximum atomic E-state index is 11.6. The second-order valence-corrected chi connectivity index (χ2v) is 2.67. The van der Waals surface area contributed by atoms with Gasteiger partial charge >= 0.3 is 0 Å². The molecule has 0 atom stereocenters. The van der Waals surface area contributed by atoms with Crippen LogP contribution in [0.3, 0.4) is 0 Å². The molecule has 0 fully saturated rings. The molecule has 0 saturated heterocycles. The smallest absolute Gasteiger partial charge is 0.228 e. The first-order chi connectivity index (χ1) is 6.38. The largest absolute Gasteiger partial charge is 0.461 e. The van der Waals surface area contributed by atoms with Crippen molar-refractivity contribution in [2.24, 2.45) is 0 Å². The van der Waals surface area contributed by atoms with Gasteiger partial charge in [0.2, 0.25) is 5.78 Å². The molecule has 0 unspecified atom stereocenters. The number of furan rings is 1. The zero-order valence-corrected chi connectivity index (χ0v) is 6.94. The summed E-state index contributed by atoms with van der Waals surface area (Å²) in [6, 6.07) is 12.4. The molecular formula is C11H8O2. The van der Waals surface area contributed by atoms with E-state index in [1.54, 1.807) is 24.3 Å². The van der Waals surface area contributed by atoms with Gasteiger partial charge in [0.15, 0.2) is 5.76 Å². The van der Waals surface area contributed by atoms with Crippen LogP contribution < -0.4 is 0 Å². The van der Waals surface area contributed by atoms with Gasteiger partial charge in [-0.05, 0) is 12.1 Å². The monoisotopic (exact) mass is 172 g/mol. The molecule has 0 radical (unpaired) electrons. The molecule has 2 aromatic rings. The third-order valence-electron chi connectivity index (χ3n) is 1.78. The van der Waals surface area contributed by atoms with E-state index in [9.17, 15) is 4.79 Å². The van der Waals surface area contributed by atoms with Gasteiger partial charge in [0.05, 0.1) is 6.26 Å². The lowest BCUT2D eigenvalue weighted by Crippen LogP contribution is -1.98. The predicted molar refractivity (Wildman–Crippen MR) is 48.6 cm³/mol. The van der Waals surface area contributed by atoms with Crippen LogP contribution in [-0.4, -0.2) is 5.78 Å². The van der Waals surface area contributed by atoms with Gasteiger partial charge in [0.25, 0.3) is 0 Å². The van der Waals surface area contributed by atoms with Gasteiger partial charge in [-0.25, -0.2) is 0 Å². The van der Waals surface area contributed by atoms with Gasteiger partial charge in [0.1, 0.15) is 0 Å². The predicted octanol–water partition coefficient (Wildman–Crippen LogP) is 2.51. The van der Waals surface area contributed by atoms with Crippen LogP contribution in [0.2, 0.25) is 0 Å². The van der Waals surface area contributed by atoms with Crippen LogP contribution in [0.5, 0.6) is 0 Å². The first kappa shape index (κ1) is 7.80. The molecule has 1 aromatic carbocycles. The van der Waals surface area contributed by atoms with Crippen molar-refractivity contribution >= 4 is 5.78 Å². The second kappa shape index (κ2) is 3.27. The van der Waals surface area contributed by atoms with Gasteiger partial charge in [-0.1, -0.05) is 30.3 Å². The summed E-state index contributed by atoms with van der Waals surface area (Å²) in [5.74, 6) is 0.303. The lowest BCUT2D eigenvalue weighted by atomic mass is 10.1. The Labute approximate surface area is 75.8 Å². The summed E-state index contributed by atoms with van der Waals surface area (Å²) < 4.78 is 5.00. The van der Waals surface area contributed by atoms with Crippen molar-refractivity contribution in [2.75, 3.05) is 0 Å². The van der Waals surface area contributed by atoms with Crippen LogP contribution in [0.4, 0.5) is 0 Å². The van der Waals surface area contributed by atoms with E-state index in [4.69, 9.17) is 4.42 Å². The molecule has 2 rings (SSSR count). The third-order valence-corrected chi connectivity index (χ3v) is 1.78. The van der Waals surface area contributed by atoms with Crippen LogP contribution in [0.1, 0.15) is 16.1 Å². The highest BCUT2D eigenvalue weighted by Gasteiger charge is 2.09. The normalized spacial score (nSPS) is 9.85. The minimum absolute atomic E-state index is 0.0781. The average Bonchev–Trinajstić information content (AvgIpc) is 2.71. The summed E-state index contributed by atoms with van der Waals surface area (Å²) in [7, 11) is 0. The molecule has 0 aliphatic carbocycles. The van der Waals surface area contributed by atoms with E-state index in [1.165, 1.54) is 6.26 Å². The van der Waals surface area contributed by atoms with E-state index < -0.39 is 0 Å². The van der Waals surface area contributed by atoms with Gasteiger partial charge in [-0.2, -0.15) is 0 Å².